The molecule has 1 N–H and O–H groups in total. The number of carbonyl (C=O) groups is 1. The zero-order valence-electron chi connectivity index (χ0n) is 10.3. The third kappa shape index (κ3) is 2.36. The van der Waals surface area contributed by atoms with Crippen molar-refractivity contribution in [2.75, 3.05) is 13.1 Å². The van der Waals surface area contributed by atoms with Crippen LogP contribution in [0, 0.1) is 17.2 Å². The number of aliphatic hydroxyl groups is 1. The highest BCUT2D eigenvalue weighted by Gasteiger charge is 2.30. The van der Waals surface area contributed by atoms with Crippen LogP contribution in [0.3, 0.4) is 0 Å². The summed E-state index contributed by atoms with van der Waals surface area (Å²) in [6, 6.07) is 8.87. The Morgan fingerprint density at radius 1 is 1.56 bits per heavy atom. The molecule has 1 heterocycles. The van der Waals surface area contributed by atoms with E-state index in [2.05, 4.69) is 0 Å². The van der Waals surface area contributed by atoms with Crippen molar-refractivity contribution in [2.24, 2.45) is 5.92 Å². The molecule has 1 amide bonds. The highest BCUT2D eigenvalue weighted by Crippen LogP contribution is 2.22. The number of carbonyl (C=O) groups excluding carboxylic acids is 1. The highest BCUT2D eigenvalue weighted by atomic mass is 16.3. The first-order chi connectivity index (χ1) is 8.63. The number of likely N-dealkylation sites (tertiary alicyclic amines) is 1. The molecule has 1 saturated heterocycles. The summed E-state index contributed by atoms with van der Waals surface area (Å²) < 4.78 is 0. The third-order valence-corrected chi connectivity index (χ3v) is 3.47. The Kier molecular flexibility index (Phi) is 3.63. The van der Waals surface area contributed by atoms with Crippen LogP contribution in [0.1, 0.15) is 29.3 Å². The molecule has 2 rings (SSSR count). The van der Waals surface area contributed by atoms with E-state index in [1.807, 2.05) is 6.07 Å². The zero-order valence-corrected chi connectivity index (χ0v) is 10.3. The molecule has 0 aliphatic carbocycles. The van der Waals surface area contributed by atoms with Gasteiger partial charge in [0.05, 0.1) is 23.3 Å². The van der Waals surface area contributed by atoms with E-state index in [0.29, 0.717) is 24.2 Å². The van der Waals surface area contributed by atoms with Crippen LogP contribution in [0.15, 0.2) is 24.3 Å². The number of rotatable bonds is 2. The van der Waals surface area contributed by atoms with Gasteiger partial charge in [0.25, 0.3) is 5.91 Å². The van der Waals surface area contributed by atoms with Crippen LogP contribution < -0.4 is 0 Å². The maximum Gasteiger partial charge on any atom is 0.255 e. The first-order valence-electron chi connectivity index (χ1n) is 6.10. The van der Waals surface area contributed by atoms with Crippen molar-refractivity contribution in [3.8, 4) is 6.07 Å². The lowest BCUT2D eigenvalue weighted by molar-refractivity contribution is 0.0762. The molecule has 94 valence electrons. The van der Waals surface area contributed by atoms with Crippen LogP contribution in [-0.2, 0) is 0 Å². The second-order valence-corrected chi connectivity index (χ2v) is 4.70. The normalized spacial score (nSPS) is 20.5. The lowest BCUT2D eigenvalue weighted by Crippen LogP contribution is -2.30. The van der Waals surface area contributed by atoms with Gasteiger partial charge in [-0.05, 0) is 25.5 Å². The molecule has 1 aliphatic heterocycles. The molecule has 4 heteroatoms. The highest BCUT2D eigenvalue weighted by molar-refractivity contribution is 5.96. The Hall–Kier alpha value is -1.86. The SMILES string of the molecule is CC(O)C1CCN(C(=O)c2ccccc2C#N)C1. The predicted molar refractivity (Wildman–Crippen MR) is 66.8 cm³/mol. The van der Waals surface area contributed by atoms with Gasteiger partial charge in [-0.3, -0.25) is 4.79 Å². The van der Waals surface area contributed by atoms with Gasteiger partial charge in [0.15, 0.2) is 0 Å². The summed E-state index contributed by atoms with van der Waals surface area (Å²) in [5, 5.41) is 18.5. The number of amides is 1. The van der Waals surface area contributed by atoms with E-state index in [-0.39, 0.29) is 11.8 Å². The summed E-state index contributed by atoms with van der Waals surface area (Å²) in [6.07, 6.45) is 0.423. The standard InChI is InChI=1S/C14H16N2O2/c1-10(17)12-6-7-16(9-12)14(18)13-5-3-2-4-11(13)8-15/h2-5,10,12,17H,6-7,9H2,1H3. The fourth-order valence-corrected chi connectivity index (χ4v) is 2.30. The average Bonchev–Trinajstić information content (AvgIpc) is 2.87. The Bertz CT molecular complexity index is 491. The summed E-state index contributed by atoms with van der Waals surface area (Å²) in [5.41, 5.74) is 0.856. The first-order valence-corrected chi connectivity index (χ1v) is 6.10. The van der Waals surface area contributed by atoms with E-state index < -0.39 is 6.10 Å². The van der Waals surface area contributed by atoms with Gasteiger partial charge in [-0.25, -0.2) is 0 Å². The van der Waals surface area contributed by atoms with Gasteiger partial charge in [0, 0.05) is 19.0 Å². The Balaban J connectivity index is 2.16. The molecule has 1 aromatic carbocycles. The minimum atomic E-state index is -0.394. The zero-order chi connectivity index (χ0) is 13.1. The first kappa shape index (κ1) is 12.6. The van der Waals surface area contributed by atoms with E-state index >= 15 is 0 Å². The topological polar surface area (TPSA) is 64.3 Å². The predicted octanol–water partition coefficient (Wildman–Crippen LogP) is 1.40. The van der Waals surface area contributed by atoms with E-state index in [1.54, 1.807) is 36.1 Å². The Morgan fingerprint density at radius 3 is 2.89 bits per heavy atom. The number of nitriles is 1. The maximum absolute atomic E-state index is 12.3. The van der Waals surface area contributed by atoms with Crippen molar-refractivity contribution in [1.82, 2.24) is 4.90 Å². The van der Waals surface area contributed by atoms with Gasteiger partial charge in [0.1, 0.15) is 0 Å². The summed E-state index contributed by atoms with van der Waals surface area (Å²) in [6.45, 7) is 2.96. The van der Waals surface area contributed by atoms with Gasteiger partial charge >= 0.3 is 0 Å². The quantitative estimate of drug-likeness (QED) is 0.855. The lowest BCUT2D eigenvalue weighted by Gasteiger charge is -2.18. The van der Waals surface area contributed by atoms with E-state index in [0.717, 1.165) is 6.42 Å². The van der Waals surface area contributed by atoms with Crippen molar-refractivity contribution in [3.05, 3.63) is 35.4 Å². The van der Waals surface area contributed by atoms with E-state index in [9.17, 15) is 9.90 Å². The van der Waals surface area contributed by atoms with Crippen LogP contribution in [0.25, 0.3) is 0 Å². The molecule has 1 aromatic rings. The molecular formula is C14H16N2O2. The van der Waals surface area contributed by atoms with Crippen molar-refractivity contribution in [2.45, 2.75) is 19.4 Å². The smallest absolute Gasteiger partial charge is 0.255 e. The molecular weight excluding hydrogens is 228 g/mol. The van der Waals surface area contributed by atoms with Crippen LogP contribution >= 0.6 is 0 Å². The molecule has 4 nitrogen and oxygen atoms in total. The minimum absolute atomic E-state index is 0.115. The van der Waals surface area contributed by atoms with Gasteiger partial charge in [-0.1, -0.05) is 12.1 Å². The molecule has 0 bridgehead atoms. The number of hydrogen-bond acceptors (Lipinski definition) is 3. The molecule has 2 unspecified atom stereocenters. The Morgan fingerprint density at radius 2 is 2.28 bits per heavy atom. The second kappa shape index (κ2) is 5.19. The fraction of sp³-hybridized carbons (Fsp3) is 0.429. The van der Waals surface area contributed by atoms with Gasteiger partial charge in [-0.2, -0.15) is 5.26 Å². The van der Waals surface area contributed by atoms with Crippen LogP contribution in [0.5, 0.6) is 0 Å². The monoisotopic (exact) mass is 244 g/mol. The number of nitrogens with zero attached hydrogens (tertiary/aromatic N) is 2. The molecule has 0 spiro atoms. The van der Waals surface area contributed by atoms with Gasteiger partial charge in [-0.15, -0.1) is 0 Å². The second-order valence-electron chi connectivity index (χ2n) is 4.70. The molecule has 1 aliphatic rings. The molecule has 0 radical (unpaired) electrons. The van der Waals surface area contributed by atoms with Gasteiger partial charge in [0.2, 0.25) is 0 Å². The lowest BCUT2D eigenvalue weighted by atomic mass is 10.0. The summed E-state index contributed by atoms with van der Waals surface area (Å²) in [7, 11) is 0. The average molecular weight is 244 g/mol. The Labute approximate surface area is 106 Å². The maximum atomic E-state index is 12.3. The van der Waals surface area contributed by atoms with Crippen LogP contribution in [-0.4, -0.2) is 35.1 Å². The summed E-state index contributed by atoms with van der Waals surface area (Å²) in [4.78, 5) is 14.0. The summed E-state index contributed by atoms with van der Waals surface area (Å²) in [5.74, 6) is 0.0264. The van der Waals surface area contributed by atoms with Gasteiger partial charge < -0.3 is 10.0 Å². The molecule has 0 saturated carbocycles. The van der Waals surface area contributed by atoms with E-state index in [1.165, 1.54) is 0 Å². The van der Waals surface area contributed by atoms with Crippen LogP contribution in [0.2, 0.25) is 0 Å². The van der Waals surface area contributed by atoms with Crippen molar-refractivity contribution < 1.29 is 9.90 Å². The molecule has 18 heavy (non-hydrogen) atoms. The van der Waals surface area contributed by atoms with E-state index in [4.69, 9.17) is 5.26 Å². The van der Waals surface area contributed by atoms with Crippen LogP contribution in [0.4, 0.5) is 0 Å². The third-order valence-electron chi connectivity index (χ3n) is 3.47. The number of hydrogen-bond donors (Lipinski definition) is 1. The largest absolute Gasteiger partial charge is 0.393 e. The number of aliphatic hydroxyl groups excluding tert-OH is 1. The molecule has 2 atom stereocenters. The molecule has 0 aromatic heterocycles. The number of benzene rings is 1. The fourth-order valence-electron chi connectivity index (χ4n) is 2.30. The summed E-state index contributed by atoms with van der Waals surface area (Å²) >= 11 is 0. The van der Waals surface area contributed by atoms with Crippen molar-refractivity contribution >= 4 is 5.91 Å². The molecule has 1 fully saturated rings. The minimum Gasteiger partial charge on any atom is -0.393 e. The van der Waals surface area contributed by atoms with Crippen molar-refractivity contribution in [1.29, 1.82) is 5.26 Å². The van der Waals surface area contributed by atoms with Crippen molar-refractivity contribution in [3.63, 3.8) is 0 Å².